The fraction of sp³-hybridized carbons (Fsp3) is 0.240. The Bertz CT molecular complexity index is 1270. The Kier molecular flexibility index (Phi) is 5.27. The van der Waals surface area contributed by atoms with Gasteiger partial charge >= 0.3 is 0 Å². The van der Waals surface area contributed by atoms with Crippen LogP contribution in [-0.2, 0) is 9.59 Å². The van der Waals surface area contributed by atoms with Gasteiger partial charge in [0, 0.05) is 34.5 Å². The smallest absolute Gasteiger partial charge is 0.256 e. The molecule has 0 spiro atoms. The molecule has 2 aromatic carbocycles. The van der Waals surface area contributed by atoms with E-state index in [0.717, 1.165) is 40.0 Å². The summed E-state index contributed by atoms with van der Waals surface area (Å²) in [6.07, 6.45) is 2.08. The van der Waals surface area contributed by atoms with Gasteiger partial charge in [0.25, 0.3) is 5.91 Å². The van der Waals surface area contributed by atoms with Gasteiger partial charge in [-0.2, -0.15) is 0 Å². The van der Waals surface area contributed by atoms with Gasteiger partial charge in [-0.15, -0.1) is 0 Å². The van der Waals surface area contributed by atoms with Gasteiger partial charge in [-0.05, 0) is 38.0 Å². The monoisotopic (exact) mass is 445 g/mol. The van der Waals surface area contributed by atoms with Gasteiger partial charge in [-0.1, -0.05) is 41.7 Å². The van der Waals surface area contributed by atoms with Crippen LogP contribution in [0.25, 0.3) is 10.2 Å². The first-order valence-corrected chi connectivity index (χ1v) is 11.4. The fourth-order valence-corrected chi connectivity index (χ4v) is 5.45. The molecular weight excluding hydrogens is 422 g/mol. The molecule has 0 fully saturated rings. The van der Waals surface area contributed by atoms with Crippen molar-refractivity contribution in [3.8, 4) is 5.75 Å². The quantitative estimate of drug-likeness (QED) is 0.596. The maximum Gasteiger partial charge on any atom is 0.256 e. The van der Waals surface area contributed by atoms with E-state index in [2.05, 4.69) is 15.6 Å². The number of ketones is 1. The van der Waals surface area contributed by atoms with Crippen molar-refractivity contribution in [2.24, 2.45) is 0 Å². The van der Waals surface area contributed by atoms with Gasteiger partial charge in [0.1, 0.15) is 5.75 Å². The van der Waals surface area contributed by atoms with Crippen molar-refractivity contribution in [1.82, 2.24) is 10.3 Å². The van der Waals surface area contributed by atoms with Crippen LogP contribution in [0.4, 0.5) is 5.13 Å². The molecule has 162 valence electrons. The number of Topliss-reactive ketones (excluding diaryl/α,β-unsaturated/α-hetero) is 1. The molecule has 6 nitrogen and oxygen atoms in total. The number of methoxy groups -OCH3 is 1. The minimum atomic E-state index is -0.496. The van der Waals surface area contributed by atoms with Crippen LogP contribution in [0.15, 0.2) is 71.1 Å². The number of hydrogen-bond acceptors (Lipinski definition) is 6. The first kappa shape index (κ1) is 20.5. The predicted molar refractivity (Wildman–Crippen MR) is 126 cm³/mol. The minimum Gasteiger partial charge on any atom is -0.496 e. The molecule has 1 aromatic heterocycles. The second-order valence-corrected chi connectivity index (χ2v) is 8.98. The molecule has 3 aromatic rings. The molecule has 1 atom stereocenters. The van der Waals surface area contributed by atoms with Crippen molar-refractivity contribution in [3.05, 3.63) is 76.6 Å². The SMILES string of the molecule is COc1ccccc1[C@@H]1C(C(=O)Nc2nc3ccccc3s2)=C(C)NC2=C1C(=O)CCC2. The Morgan fingerprint density at radius 3 is 2.75 bits per heavy atom. The number of allylic oxidation sites excluding steroid dienone is 3. The molecule has 2 N–H and O–H groups in total. The van der Waals surface area contributed by atoms with E-state index in [0.29, 0.717) is 28.4 Å². The summed E-state index contributed by atoms with van der Waals surface area (Å²) >= 11 is 1.43. The lowest BCUT2D eigenvalue weighted by Gasteiger charge is -2.34. The summed E-state index contributed by atoms with van der Waals surface area (Å²) < 4.78 is 6.62. The number of ether oxygens (including phenoxy) is 1. The number of anilines is 1. The van der Waals surface area contributed by atoms with E-state index in [-0.39, 0.29) is 11.7 Å². The molecule has 0 unspecified atom stereocenters. The number of aromatic nitrogens is 1. The van der Waals surface area contributed by atoms with Crippen molar-refractivity contribution < 1.29 is 14.3 Å². The largest absolute Gasteiger partial charge is 0.496 e. The van der Waals surface area contributed by atoms with E-state index < -0.39 is 5.92 Å². The van der Waals surface area contributed by atoms with Gasteiger partial charge < -0.3 is 10.1 Å². The van der Waals surface area contributed by atoms with Gasteiger partial charge in [-0.25, -0.2) is 4.98 Å². The second kappa shape index (κ2) is 8.24. The third kappa shape index (κ3) is 3.48. The Balaban J connectivity index is 1.59. The lowest BCUT2D eigenvalue weighted by Crippen LogP contribution is -2.35. The number of rotatable bonds is 4. The van der Waals surface area contributed by atoms with Crippen LogP contribution in [-0.4, -0.2) is 23.8 Å². The van der Waals surface area contributed by atoms with Crippen molar-refractivity contribution in [2.45, 2.75) is 32.1 Å². The molecule has 1 aliphatic heterocycles. The Morgan fingerprint density at radius 1 is 1.16 bits per heavy atom. The summed E-state index contributed by atoms with van der Waals surface area (Å²) in [6.45, 7) is 1.89. The van der Waals surface area contributed by atoms with E-state index >= 15 is 0 Å². The van der Waals surface area contributed by atoms with Gasteiger partial charge in [0.05, 0.1) is 23.2 Å². The number of nitrogens with zero attached hydrogens (tertiary/aromatic N) is 1. The number of benzene rings is 2. The zero-order valence-corrected chi connectivity index (χ0v) is 18.7. The maximum atomic E-state index is 13.6. The topological polar surface area (TPSA) is 80.3 Å². The Labute approximate surface area is 190 Å². The van der Waals surface area contributed by atoms with E-state index in [1.54, 1.807) is 7.11 Å². The predicted octanol–water partition coefficient (Wildman–Crippen LogP) is 4.91. The summed E-state index contributed by atoms with van der Waals surface area (Å²) in [5.41, 5.74) is 4.49. The molecule has 1 amide bonds. The summed E-state index contributed by atoms with van der Waals surface area (Å²) in [5.74, 6) is -0.0328. The zero-order valence-electron chi connectivity index (χ0n) is 17.9. The van der Waals surface area contributed by atoms with Crippen LogP contribution in [0.5, 0.6) is 5.75 Å². The van der Waals surface area contributed by atoms with Crippen LogP contribution >= 0.6 is 11.3 Å². The van der Waals surface area contributed by atoms with Crippen LogP contribution in [0, 0.1) is 0 Å². The molecule has 1 aliphatic carbocycles. The minimum absolute atomic E-state index is 0.0763. The molecule has 7 heteroatoms. The lowest BCUT2D eigenvalue weighted by molar-refractivity contribution is -0.116. The lowest BCUT2D eigenvalue weighted by atomic mass is 9.74. The average Bonchev–Trinajstić information content (AvgIpc) is 3.20. The van der Waals surface area contributed by atoms with Crippen molar-refractivity contribution in [2.75, 3.05) is 12.4 Å². The van der Waals surface area contributed by atoms with Gasteiger partial charge in [-0.3, -0.25) is 14.9 Å². The number of fused-ring (bicyclic) bond motifs is 1. The molecule has 2 heterocycles. The number of thiazole rings is 1. The number of para-hydroxylation sites is 2. The van der Waals surface area contributed by atoms with Crippen LogP contribution in [0.1, 0.15) is 37.7 Å². The number of carbonyl (C=O) groups excluding carboxylic acids is 2. The van der Waals surface area contributed by atoms with Crippen LogP contribution in [0.2, 0.25) is 0 Å². The first-order valence-electron chi connectivity index (χ1n) is 10.6. The van der Waals surface area contributed by atoms with E-state index in [1.807, 2.05) is 55.5 Å². The van der Waals surface area contributed by atoms with Crippen molar-refractivity contribution >= 4 is 38.4 Å². The average molecular weight is 446 g/mol. The van der Waals surface area contributed by atoms with Crippen molar-refractivity contribution in [1.29, 1.82) is 0 Å². The standard InChI is InChI=1S/C25H23N3O3S/c1-14-21(24(30)28-25-27-16-9-4-6-13-20(16)32-25)22(15-8-3-5-12-19(15)31-2)23-17(26-14)10-7-11-18(23)29/h3-6,8-9,12-13,22,26H,7,10-11H2,1-2H3,(H,27,28,30)/t22-/m1/s1. The number of nitrogens with one attached hydrogen (secondary N) is 2. The molecule has 32 heavy (non-hydrogen) atoms. The fourth-order valence-electron chi connectivity index (χ4n) is 4.59. The van der Waals surface area contributed by atoms with E-state index in [4.69, 9.17) is 4.74 Å². The molecule has 5 rings (SSSR count). The molecule has 0 bridgehead atoms. The number of carbonyl (C=O) groups is 2. The summed E-state index contributed by atoms with van der Waals surface area (Å²) in [4.78, 5) is 31.2. The van der Waals surface area contributed by atoms with Gasteiger partial charge in [0.2, 0.25) is 0 Å². The maximum absolute atomic E-state index is 13.6. The highest BCUT2D eigenvalue weighted by atomic mass is 32.1. The highest BCUT2D eigenvalue weighted by Crippen LogP contribution is 2.45. The first-order chi connectivity index (χ1) is 15.6. The zero-order chi connectivity index (χ0) is 22.2. The van der Waals surface area contributed by atoms with E-state index in [1.165, 1.54) is 11.3 Å². The molecule has 0 saturated heterocycles. The third-order valence-corrected chi connectivity index (χ3v) is 6.94. The number of amides is 1. The molecular formula is C25H23N3O3S. The normalized spacial score (nSPS) is 18.4. The van der Waals surface area contributed by atoms with Crippen molar-refractivity contribution in [3.63, 3.8) is 0 Å². The Hall–Kier alpha value is -3.45. The summed E-state index contributed by atoms with van der Waals surface area (Å²) in [6, 6.07) is 15.4. The highest BCUT2D eigenvalue weighted by molar-refractivity contribution is 7.22. The van der Waals surface area contributed by atoms with Gasteiger partial charge in [0.15, 0.2) is 10.9 Å². The number of dihydropyridines is 1. The molecule has 0 saturated carbocycles. The highest BCUT2D eigenvalue weighted by Gasteiger charge is 2.39. The second-order valence-electron chi connectivity index (χ2n) is 7.95. The Morgan fingerprint density at radius 2 is 1.94 bits per heavy atom. The summed E-state index contributed by atoms with van der Waals surface area (Å²) in [7, 11) is 1.61. The third-order valence-electron chi connectivity index (χ3n) is 5.98. The van der Waals surface area contributed by atoms with Crippen LogP contribution < -0.4 is 15.4 Å². The number of hydrogen-bond donors (Lipinski definition) is 2. The molecule has 0 radical (unpaired) electrons. The molecule has 2 aliphatic rings. The summed E-state index contributed by atoms with van der Waals surface area (Å²) in [5, 5.41) is 6.86. The van der Waals surface area contributed by atoms with Crippen LogP contribution in [0.3, 0.4) is 0 Å². The van der Waals surface area contributed by atoms with E-state index in [9.17, 15) is 9.59 Å².